The van der Waals surface area contributed by atoms with Crippen molar-refractivity contribution in [3.05, 3.63) is 34.3 Å². The van der Waals surface area contributed by atoms with Crippen LogP contribution in [0, 0.1) is 0 Å². The summed E-state index contributed by atoms with van der Waals surface area (Å²) in [5, 5.41) is -0.109. The Kier molecular flexibility index (Phi) is 4.23. The fourth-order valence-electron chi connectivity index (χ4n) is 1.45. The minimum atomic E-state index is -4.65. The van der Waals surface area contributed by atoms with Crippen LogP contribution in [0.3, 0.4) is 0 Å². The third kappa shape index (κ3) is 3.55. The van der Waals surface area contributed by atoms with E-state index in [4.69, 9.17) is 17.3 Å². The van der Waals surface area contributed by atoms with Crippen molar-refractivity contribution in [2.45, 2.75) is 31.5 Å². The maximum atomic E-state index is 12.7. The summed E-state index contributed by atoms with van der Waals surface area (Å²) in [6.07, 6.45) is -8.16. The summed E-state index contributed by atoms with van der Waals surface area (Å²) in [6.45, 7) is 1.01. The lowest BCUT2D eigenvalue weighted by molar-refractivity contribution is -0.138. The largest absolute Gasteiger partial charge is 0.416 e. The third-order valence-corrected chi connectivity index (χ3v) is 2.68. The van der Waals surface area contributed by atoms with Crippen LogP contribution in [0.15, 0.2) is 18.2 Å². The van der Waals surface area contributed by atoms with Gasteiger partial charge in [-0.15, -0.1) is 0 Å². The Labute approximate surface area is 106 Å². The van der Waals surface area contributed by atoms with Crippen molar-refractivity contribution >= 4 is 11.6 Å². The van der Waals surface area contributed by atoms with E-state index in [9.17, 15) is 22.0 Å². The zero-order valence-electron chi connectivity index (χ0n) is 9.36. The van der Waals surface area contributed by atoms with Gasteiger partial charge in [0.2, 0.25) is 0 Å². The molecule has 1 rings (SSSR count). The predicted octanol–water partition coefficient (Wildman–Crippen LogP) is 3.88. The number of rotatable bonds is 3. The first kappa shape index (κ1) is 15.2. The number of hydrogen-bond donors (Lipinski definition) is 1. The molecule has 0 aromatic heterocycles. The van der Waals surface area contributed by atoms with Crippen LogP contribution >= 0.6 is 11.6 Å². The quantitative estimate of drug-likeness (QED) is 0.839. The van der Waals surface area contributed by atoms with Crippen LogP contribution in [0.25, 0.3) is 0 Å². The van der Waals surface area contributed by atoms with Crippen molar-refractivity contribution in [1.29, 1.82) is 0 Å². The molecule has 0 aliphatic heterocycles. The van der Waals surface area contributed by atoms with E-state index in [1.165, 1.54) is 6.07 Å². The van der Waals surface area contributed by atoms with Crippen LogP contribution in [-0.2, 0) is 12.6 Å². The molecule has 102 valence electrons. The fraction of sp³-hybridized carbons (Fsp3) is 0.455. The zero-order chi connectivity index (χ0) is 14.1. The Morgan fingerprint density at radius 3 is 2.28 bits per heavy atom. The Morgan fingerprint density at radius 1 is 1.28 bits per heavy atom. The molecule has 1 aromatic rings. The van der Waals surface area contributed by atoms with Crippen molar-refractivity contribution in [2.24, 2.45) is 5.73 Å². The van der Waals surface area contributed by atoms with E-state index in [-0.39, 0.29) is 10.6 Å². The molecular weight excluding hydrogens is 277 g/mol. The van der Waals surface area contributed by atoms with Gasteiger partial charge in [0.15, 0.2) is 0 Å². The summed E-state index contributed by atoms with van der Waals surface area (Å²) < 4.78 is 63.3. The van der Waals surface area contributed by atoms with Crippen molar-refractivity contribution in [3.63, 3.8) is 0 Å². The molecule has 0 saturated heterocycles. The van der Waals surface area contributed by atoms with E-state index >= 15 is 0 Å². The average Bonchev–Trinajstić information content (AvgIpc) is 2.18. The second-order valence-corrected chi connectivity index (χ2v) is 4.72. The maximum absolute atomic E-state index is 12.7. The van der Waals surface area contributed by atoms with Crippen LogP contribution in [-0.4, -0.2) is 12.0 Å². The van der Waals surface area contributed by atoms with Crippen LogP contribution in [0.2, 0.25) is 5.02 Å². The monoisotopic (exact) mass is 287 g/mol. The standard InChI is InChI=1S/C11H11ClF5N/c1-10(18,9(13)14)5-6-2-3-7(12)4-8(6)11(15,16)17/h2-4,9H,5,18H2,1H3. The molecule has 0 aliphatic rings. The van der Waals surface area contributed by atoms with Gasteiger partial charge in [-0.05, 0) is 31.0 Å². The van der Waals surface area contributed by atoms with Gasteiger partial charge in [0.05, 0.1) is 11.1 Å². The summed E-state index contributed by atoms with van der Waals surface area (Å²) in [5.74, 6) is 0. The van der Waals surface area contributed by atoms with Gasteiger partial charge in [-0.1, -0.05) is 17.7 Å². The highest BCUT2D eigenvalue weighted by molar-refractivity contribution is 6.30. The number of benzene rings is 1. The van der Waals surface area contributed by atoms with Gasteiger partial charge < -0.3 is 5.73 Å². The molecule has 0 saturated carbocycles. The lowest BCUT2D eigenvalue weighted by Crippen LogP contribution is -2.46. The molecule has 0 bridgehead atoms. The molecule has 7 heteroatoms. The van der Waals surface area contributed by atoms with Crippen molar-refractivity contribution in [3.8, 4) is 0 Å². The molecule has 0 heterocycles. The highest BCUT2D eigenvalue weighted by Gasteiger charge is 2.37. The summed E-state index contributed by atoms with van der Waals surface area (Å²) in [7, 11) is 0. The van der Waals surface area contributed by atoms with Gasteiger partial charge in [0, 0.05) is 5.02 Å². The predicted molar refractivity (Wildman–Crippen MR) is 58.8 cm³/mol. The maximum Gasteiger partial charge on any atom is 0.416 e. The first-order chi connectivity index (χ1) is 8.04. The van der Waals surface area contributed by atoms with Crippen molar-refractivity contribution < 1.29 is 22.0 Å². The number of alkyl halides is 5. The summed E-state index contributed by atoms with van der Waals surface area (Å²) >= 11 is 5.48. The van der Waals surface area contributed by atoms with Gasteiger partial charge in [-0.25, -0.2) is 8.78 Å². The fourth-order valence-corrected chi connectivity index (χ4v) is 1.63. The van der Waals surface area contributed by atoms with E-state index in [1.54, 1.807) is 0 Å². The Morgan fingerprint density at radius 2 is 1.83 bits per heavy atom. The smallest absolute Gasteiger partial charge is 0.320 e. The van der Waals surface area contributed by atoms with E-state index < -0.39 is 30.1 Å². The number of nitrogens with two attached hydrogens (primary N) is 1. The molecule has 1 unspecified atom stereocenters. The van der Waals surface area contributed by atoms with Crippen LogP contribution < -0.4 is 5.73 Å². The average molecular weight is 288 g/mol. The molecule has 0 radical (unpaired) electrons. The minimum absolute atomic E-state index is 0.109. The first-order valence-corrected chi connectivity index (χ1v) is 5.34. The van der Waals surface area contributed by atoms with Gasteiger partial charge >= 0.3 is 6.18 Å². The van der Waals surface area contributed by atoms with Crippen LogP contribution in [0.4, 0.5) is 22.0 Å². The zero-order valence-corrected chi connectivity index (χ0v) is 10.1. The Bertz CT molecular complexity index is 428. The van der Waals surface area contributed by atoms with E-state index in [2.05, 4.69) is 0 Å². The van der Waals surface area contributed by atoms with Crippen molar-refractivity contribution in [1.82, 2.24) is 0 Å². The third-order valence-electron chi connectivity index (χ3n) is 2.45. The van der Waals surface area contributed by atoms with E-state index in [0.29, 0.717) is 6.07 Å². The lowest BCUT2D eigenvalue weighted by atomic mass is 9.91. The molecule has 2 N–H and O–H groups in total. The molecule has 1 atom stereocenters. The molecule has 0 amide bonds. The highest BCUT2D eigenvalue weighted by Crippen LogP contribution is 2.35. The molecular formula is C11H11ClF5N. The van der Waals surface area contributed by atoms with Gasteiger partial charge in [-0.2, -0.15) is 13.2 Å². The Balaban J connectivity index is 3.18. The molecule has 1 nitrogen and oxygen atoms in total. The first-order valence-electron chi connectivity index (χ1n) is 4.96. The highest BCUT2D eigenvalue weighted by atomic mass is 35.5. The second-order valence-electron chi connectivity index (χ2n) is 4.28. The van der Waals surface area contributed by atoms with Crippen molar-refractivity contribution in [2.75, 3.05) is 0 Å². The SMILES string of the molecule is CC(N)(Cc1ccc(Cl)cc1C(F)(F)F)C(F)F. The molecule has 1 aromatic carbocycles. The summed E-state index contributed by atoms with van der Waals surface area (Å²) in [5.41, 5.74) is 1.94. The molecule has 0 spiro atoms. The van der Waals surface area contributed by atoms with Gasteiger partial charge in [0.25, 0.3) is 6.43 Å². The molecule has 18 heavy (non-hydrogen) atoms. The lowest BCUT2D eigenvalue weighted by Gasteiger charge is -2.25. The second kappa shape index (κ2) is 5.01. The van der Waals surface area contributed by atoms with Crippen LogP contribution in [0.1, 0.15) is 18.1 Å². The number of halogens is 6. The van der Waals surface area contributed by atoms with E-state index in [1.807, 2.05) is 0 Å². The topological polar surface area (TPSA) is 26.0 Å². The Hall–Kier alpha value is -0.880. The normalized spacial score (nSPS) is 15.8. The van der Waals surface area contributed by atoms with Gasteiger partial charge in [0.1, 0.15) is 0 Å². The van der Waals surface area contributed by atoms with Gasteiger partial charge in [-0.3, -0.25) is 0 Å². The molecule has 0 aliphatic carbocycles. The summed E-state index contributed by atoms with van der Waals surface area (Å²) in [4.78, 5) is 0. The number of hydrogen-bond acceptors (Lipinski definition) is 1. The summed E-state index contributed by atoms with van der Waals surface area (Å²) in [6, 6.07) is 2.99. The van der Waals surface area contributed by atoms with E-state index in [0.717, 1.165) is 13.0 Å². The molecule has 0 fully saturated rings. The minimum Gasteiger partial charge on any atom is -0.320 e. The van der Waals surface area contributed by atoms with Crippen LogP contribution in [0.5, 0.6) is 0 Å².